The van der Waals surface area contributed by atoms with E-state index in [1.54, 1.807) is 38.7 Å². The monoisotopic (exact) mass is 643 g/mol. The molecule has 5 rings (SSSR count). The molecule has 1 aromatic carbocycles. The minimum atomic E-state index is -0.809. The normalized spacial score (nSPS) is 18.9. The standard InChI is InChI=1S/C30H34BrN3O6S/c1-7-39-29(36)26-17(3)32-30-34(27(26)21-13-22(31)24(38-6)14-23(21)37-5)28(35)25(41-30)12-19-11-16(2)33(18(19)4)15-20-9-8-10-40-20/h11-14,20,27H,7-10,15H2,1-6H3/b25-12-/t20-,27-/m0/s1. The Kier molecular flexibility index (Phi) is 8.58. The molecule has 2 aliphatic heterocycles. The molecule has 2 atom stereocenters. The van der Waals surface area contributed by atoms with Gasteiger partial charge in [0.05, 0.1) is 47.2 Å². The molecule has 0 N–H and O–H groups in total. The summed E-state index contributed by atoms with van der Waals surface area (Å²) in [6, 6.07) is 4.84. The smallest absolute Gasteiger partial charge is 0.338 e. The molecular formula is C30H34BrN3O6S. The van der Waals surface area contributed by atoms with Gasteiger partial charge >= 0.3 is 5.97 Å². The van der Waals surface area contributed by atoms with Crippen molar-refractivity contribution in [1.82, 2.24) is 9.13 Å². The SMILES string of the molecule is CCOC(=O)C1=C(C)N=c2s/c(=C\c3cc(C)n(C[C@@H]4CCCO4)c3C)c(=O)n2[C@H]1c1cc(Br)c(OC)cc1OC. The average Bonchev–Trinajstić information content (AvgIpc) is 3.63. The molecule has 2 aromatic heterocycles. The quantitative estimate of drug-likeness (QED) is 0.342. The average molecular weight is 645 g/mol. The van der Waals surface area contributed by atoms with Gasteiger partial charge in [-0.15, -0.1) is 0 Å². The van der Waals surface area contributed by atoms with Crippen LogP contribution in [0.25, 0.3) is 6.08 Å². The molecule has 0 radical (unpaired) electrons. The molecule has 0 amide bonds. The summed E-state index contributed by atoms with van der Waals surface area (Å²) in [7, 11) is 3.11. The van der Waals surface area contributed by atoms with E-state index < -0.39 is 12.0 Å². The van der Waals surface area contributed by atoms with Crippen LogP contribution in [0.5, 0.6) is 11.5 Å². The molecule has 0 aliphatic carbocycles. The van der Waals surface area contributed by atoms with Crippen molar-refractivity contribution >= 4 is 39.3 Å². The number of halogens is 1. The van der Waals surface area contributed by atoms with Crippen molar-refractivity contribution in [2.24, 2.45) is 4.99 Å². The van der Waals surface area contributed by atoms with Crippen LogP contribution in [0.15, 0.2) is 43.7 Å². The molecule has 9 nitrogen and oxygen atoms in total. The maximum absolute atomic E-state index is 14.1. The summed E-state index contributed by atoms with van der Waals surface area (Å²) in [6.07, 6.45) is 4.26. The van der Waals surface area contributed by atoms with E-state index in [9.17, 15) is 9.59 Å². The fourth-order valence-corrected chi connectivity index (χ4v) is 7.13. The van der Waals surface area contributed by atoms with E-state index in [0.29, 0.717) is 36.6 Å². The van der Waals surface area contributed by atoms with E-state index in [1.807, 2.05) is 12.1 Å². The highest BCUT2D eigenvalue weighted by Crippen LogP contribution is 2.41. The Morgan fingerprint density at radius 2 is 1.95 bits per heavy atom. The molecule has 0 unspecified atom stereocenters. The predicted molar refractivity (Wildman–Crippen MR) is 161 cm³/mol. The zero-order valence-corrected chi connectivity index (χ0v) is 26.5. The first-order valence-electron chi connectivity index (χ1n) is 13.6. The van der Waals surface area contributed by atoms with Crippen LogP contribution >= 0.6 is 27.3 Å². The number of thiazole rings is 1. The number of nitrogens with zero attached hydrogens (tertiary/aromatic N) is 3. The van der Waals surface area contributed by atoms with Crippen molar-refractivity contribution < 1.29 is 23.7 Å². The maximum atomic E-state index is 14.1. The first-order valence-corrected chi connectivity index (χ1v) is 15.2. The number of hydrogen-bond donors (Lipinski definition) is 0. The van der Waals surface area contributed by atoms with Gasteiger partial charge in [-0.3, -0.25) is 9.36 Å². The third-order valence-electron chi connectivity index (χ3n) is 7.63. The molecule has 1 fully saturated rings. The fraction of sp³-hybridized carbons (Fsp3) is 0.433. The van der Waals surface area contributed by atoms with Crippen LogP contribution in [0.1, 0.15) is 55.2 Å². The molecule has 0 bridgehead atoms. The third-order valence-corrected chi connectivity index (χ3v) is 9.23. The zero-order valence-electron chi connectivity index (χ0n) is 24.1. The highest BCUT2D eigenvalue weighted by atomic mass is 79.9. The topological polar surface area (TPSA) is 93.3 Å². The number of allylic oxidation sites excluding steroid dienone is 1. The molecule has 218 valence electrons. The van der Waals surface area contributed by atoms with Gasteiger partial charge in [0.2, 0.25) is 0 Å². The second-order valence-electron chi connectivity index (χ2n) is 10.1. The molecular weight excluding hydrogens is 610 g/mol. The molecule has 41 heavy (non-hydrogen) atoms. The number of esters is 1. The van der Waals surface area contributed by atoms with Gasteiger partial charge < -0.3 is 23.5 Å². The van der Waals surface area contributed by atoms with Gasteiger partial charge in [-0.25, -0.2) is 9.79 Å². The van der Waals surface area contributed by atoms with Crippen LogP contribution in [0.4, 0.5) is 0 Å². The summed E-state index contributed by atoms with van der Waals surface area (Å²) in [5.74, 6) is 0.508. The van der Waals surface area contributed by atoms with Crippen LogP contribution in [0, 0.1) is 13.8 Å². The molecule has 11 heteroatoms. The number of benzene rings is 1. The Morgan fingerprint density at radius 1 is 1.20 bits per heavy atom. The Balaban J connectivity index is 1.69. The van der Waals surface area contributed by atoms with Gasteiger partial charge in [0, 0.05) is 36.2 Å². The molecule has 2 aliphatic rings. The van der Waals surface area contributed by atoms with Gasteiger partial charge in [-0.2, -0.15) is 0 Å². The van der Waals surface area contributed by atoms with E-state index in [1.165, 1.54) is 11.3 Å². The maximum Gasteiger partial charge on any atom is 0.338 e. The van der Waals surface area contributed by atoms with Gasteiger partial charge in [0.25, 0.3) is 5.56 Å². The number of carbonyl (C=O) groups is 1. The number of methoxy groups -OCH3 is 2. The highest BCUT2D eigenvalue weighted by Gasteiger charge is 2.35. The van der Waals surface area contributed by atoms with Crippen molar-refractivity contribution in [2.45, 2.75) is 59.2 Å². The van der Waals surface area contributed by atoms with E-state index in [4.69, 9.17) is 23.9 Å². The summed E-state index contributed by atoms with van der Waals surface area (Å²) in [6.45, 7) is 9.44. The molecule has 0 spiro atoms. The summed E-state index contributed by atoms with van der Waals surface area (Å²) in [4.78, 5) is 32.6. The van der Waals surface area contributed by atoms with Crippen molar-refractivity contribution in [1.29, 1.82) is 0 Å². The lowest BCUT2D eigenvalue weighted by Gasteiger charge is -2.26. The van der Waals surface area contributed by atoms with Gasteiger partial charge in [-0.05, 0) is 80.2 Å². The van der Waals surface area contributed by atoms with Crippen LogP contribution in [0.2, 0.25) is 0 Å². The molecule has 0 saturated carbocycles. The Labute approximate surface area is 250 Å². The van der Waals surface area contributed by atoms with Crippen LogP contribution < -0.4 is 24.4 Å². The summed E-state index contributed by atoms with van der Waals surface area (Å²) in [5.41, 5.74) is 4.30. The number of aryl methyl sites for hydroxylation is 1. The van der Waals surface area contributed by atoms with Gasteiger partial charge in [-0.1, -0.05) is 11.3 Å². The number of ether oxygens (including phenoxy) is 4. The van der Waals surface area contributed by atoms with Gasteiger partial charge in [0.15, 0.2) is 4.80 Å². The lowest BCUT2D eigenvalue weighted by atomic mass is 9.95. The second kappa shape index (κ2) is 12.0. The lowest BCUT2D eigenvalue weighted by molar-refractivity contribution is -0.139. The lowest BCUT2D eigenvalue weighted by Crippen LogP contribution is -2.40. The number of aromatic nitrogens is 2. The van der Waals surface area contributed by atoms with Crippen molar-refractivity contribution in [3.63, 3.8) is 0 Å². The molecule has 3 aromatic rings. The summed E-state index contributed by atoms with van der Waals surface area (Å²) >= 11 is 4.86. The zero-order chi connectivity index (χ0) is 29.4. The number of rotatable bonds is 8. The largest absolute Gasteiger partial charge is 0.496 e. The Morgan fingerprint density at radius 3 is 2.61 bits per heavy atom. The number of carbonyl (C=O) groups excluding carboxylic acids is 1. The second-order valence-corrected chi connectivity index (χ2v) is 12.0. The van der Waals surface area contributed by atoms with E-state index >= 15 is 0 Å². The number of hydrogen-bond acceptors (Lipinski definition) is 8. The third kappa shape index (κ3) is 5.42. The first-order chi connectivity index (χ1) is 19.7. The van der Waals surface area contributed by atoms with Crippen LogP contribution in [-0.4, -0.2) is 48.6 Å². The highest BCUT2D eigenvalue weighted by molar-refractivity contribution is 9.10. The predicted octanol–water partition coefficient (Wildman–Crippen LogP) is 4.18. The molecule has 4 heterocycles. The van der Waals surface area contributed by atoms with E-state index in [-0.39, 0.29) is 23.8 Å². The minimum absolute atomic E-state index is 0.192. The van der Waals surface area contributed by atoms with Crippen molar-refractivity contribution in [3.8, 4) is 11.5 Å². The Hall–Kier alpha value is -3.15. The first kappa shape index (κ1) is 29.3. The van der Waals surface area contributed by atoms with Crippen LogP contribution in [-0.2, 0) is 20.8 Å². The number of fused-ring (bicyclic) bond motifs is 1. The van der Waals surface area contributed by atoms with Crippen LogP contribution in [0.3, 0.4) is 0 Å². The Bertz CT molecular complexity index is 1710. The van der Waals surface area contributed by atoms with E-state index in [0.717, 1.165) is 42.9 Å². The van der Waals surface area contributed by atoms with Gasteiger partial charge in [0.1, 0.15) is 17.5 Å². The van der Waals surface area contributed by atoms with Crippen molar-refractivity contribution in [2.75, 3.05) is 27.4 Å². The van der Waals surface area contributed by atoms with Crippen molar-refractivity contribution in [3.05, 3.63) is 76.1 Å². The summed E-state index contributed by atoms with van der Waals surface area (Å²) in [5, 5.41) is 0. The summed E-state index contributed by atoms with van der Waals surface area (Å²) < 4.78 is 27.5. The van der Waals surface area contributed by atoms with E-state index in [2.05, 4.69) is 40.4 Å². The molecule has 1 saturated heterocycles. The fourth-order valence-electron chi connectivity index (χ4n) is 5.57. The minimum Gasteiger partial charge on any atom is -0.496 e.